The number of hydrogen-bond acceptors (Lipinski definition) is 1. The van der Waals surface area contributed by atoms with Crippen molar-refractivity contribution < 1.29 is 4.79 Å². The van der Waals surface area contributed by atoms with Crippen molar-refractivity contribution in [3.63, 3.8) is 0 Å². The maximum absolute atomic E-state index is 12.9. The molecule has 1 heterocycles. The molecule has 2 nitrogen and oxygen atoms in total. The maximum Gasteiger partial charge on any atom is 0.254 e. The first-order valence-electron chi connectivity index (χ1n) is 8.04. The van der Waals surface area contributed by atoms with Crippen LogP contribution >= 0.6 is 15.9 Å². The van der Waals surface area contributed by atoms with Crippen LogP contribution in [-0.2, 0) is 0 Å². The van der Waals surface area contributed by atoms with Crippen molar-refractivity contribution in [3.05, 3.63) is 46.4 Å². The molecule has 1 aliphatic rings. The summed E-state index contributed by atoms with van der Waals surface area (Å²) in [6.07, 6.45) is 2.25. The van der Waals surface area contributed by atoms with Crippen LogP contribution in [0.3, 0.4) is 0 Å². The lowest BCUT2D eigenvalue weighted by molar-refractivity contribution is 0.0669. The molecule has 3 rings (SSSR count). The van der Waals surface area contributed by atoms with Gasteiger partial charge in [0.1, 0.15) is 0 Å². The highest BCUT2D eigenvalue weighted by Gasteiger charge is 2.26. The number of fused-ring (bicyclic) bond motifs is 1. The molecule has 0 N–H and O–H groups in total. The fraction of sp³-hybridized carbons (Fsp3) is 0.421. The minimum absolute atomic E-state index is 0.172. The van der Waals surface area contributed by atoms with Crippen molar-refractivity contribution >= 4 is 32.6 Å². The highest BCUT2D eigenvalue weighted by Crippen LogP contribution is 2.29. The number of piperidine rings is 1. The lowest BCUT2D eigenvalue weighted by atomic mass is 9.86. The third-order valence-corrected chi connectivity index (χ3v) is 5.56. The number of rotatable bonds is 2. The third-order valence-electron chi connectivity index (χ3n) is 4.87. The van der Waals surface area contributed by atoms with E-state index in [2.05, 4.69) is 35.8 Å². The second kappa shape index (κ2) is 6.41. The van der Waals surface area contributed by atoms with E-state index in [0.29, 0.717) is 5.92 Å². The number of halogens is 1. The van der Waals surface area contributed by atoms with Gasteiger partial charge in [-0.05, 0) is 47.6 Å². The minimum Gasteiger partial charge on any atom is -0.339 e. The molecule has 1 saturated heterocycles. The summed E-state index contributed by atoms with van der Waals surface area (Å²) in [5.74, 6) is 1.64. The van der Waals surface area contributed by atoms with Crippen LogP contribution in [0, 0.1) is 11.8 Å². The zero-order chi connectivity index (χ0) is 15.7. The van der Waals surface area contributed by atoms with Crippen molar-refractivity contribution in [3.8, 4) is 0 Å². The Labute approximate surface area is 140 Å². The second-order valence-electron chi connectivity index (χ2n) is 6.51. The molecule has 0 radical (unpaired) electrons. The van der Waals surface area contributed by atoms with E-state index in [4.69, 9.17) is 0 Å². The first-order valence-corrected chi connectivity index (χ1v) is 8.83. The summed E-state index contributed by atoms with van der Waals surface area (Å²) in [6.45, 7) is 6.33. The molecule has 1 aliphatic heterocycles. The number of amides is 1. The molecule has 0 unspecified atom stereocenters. The minimum atomic E-state index is 0.172. The van der Waals surface area contributed by atoms with E-state index in [1.807, 2.05) is 35.2 Å². The Balaban J connectivity index is 1.86. The standard InChI is InChI=1S/C19H22BrNO/c1-13(2)14-9-11-21(12-10-14)19(22)17-7-3-6-16-15(17)5-4-8-18(16)20/h3-8,13-14H,9-12H2,1-2H3. The molecule has 2 aromatic carbocycles. The summed E-state index contributed by atoms with van der Waals surface area (Å²) in [7, 11) is 0. The van der Waals surface area contributed by atoms with Gasteiger partial charge in [0.15, 0.2) is 0 Å². The molecule has 0 spiro atoms. The lowest BCUT2D eigenvalue weighted by Gasteiger charge is -2.34. The first-order chi connectivity index (χ1) is 10.6. The van der Waals surface area contributed by atoms with Crippen molar-refractivity contribution in [1.82, 2.24) is 4.90 Å². The molecular formula is C19H22BrNO. The SMILES string of the molecule is CC(C)C1CCN(C(=O)c2cccc3c(Br)cccc23)CC1. The molecule has 0 atom stereocenters. The molecule has 0 aromatic heterocycles. The molecule has 22 heavy (non-hydrogen) atoms. The normalized spacial score (nSPS) is 16.5. The van der Waals surface area contributed by atoms with E-state index in [1.54, 1.807) is 0 Å². The van der Waals surface area contributed by atoms with Crippen LogP contribution < -0.4 is 0 Å². The highest BCUT2D eigenvalue weighted by atomic mass is 79.9. The van der Waals surface area contributed by atoms with E-state index in [-0.39, 0.29) is 5.91 Å². The molecule has 3 heteroatoms. The van der Waals surface area contributed by atoms with Crippen LogP contribution in [-0.4, -0.2) is 23.9 Å². The van der Waals surface area contributed by atoms with Crippen molar-refractivity contribution in [2.45, 2.75) is 26.7 Å². The number of hydrogen-bond donors (Lipinski definition) is 0. The summed E-state index contributed by atoms with van der Waals surface area (Å²) in [5, 5.41) is 2.14. The fourth-order valence-corrected chi connectivity index (χ4v) is 3.90. The fourth-order valence-electron chi connectivity index (χ4n) is 3.40. The van der Waals surface area contributed by atoms with E-state index in [0.717, 1.165) is 52.7 Å². The van der Waals surface area contributed by atoms with Crippen molar-refractivity contribution in [1.29, 1.82) is 0 Å². The van der Waals surface area contributed by atoms with Gasteiger partial charge in [-0.3, -0.25) is 4.79 Å². The van der Waals surface area contributed by atoms with Gasteiger partial charge in [0.05, 0.1) is 0 Å². The zero-order valence-corrected chi connectivity index (χ0v) is 14.8. The molecule has 0 bridgehead atoms. The number of likely N-dealkylation sites (tertiary alicyclic amines) is 1. The van der Waals surface area contributed by atoms with Gasteiger partial charge in [-0.1, -0.05) is 54.0 Å². The van der Waals surface area contributed by atoms with Gasteiger partial charge in [0.2, 0.25) is 0 Å². The molecule has 1 amide bonds. The second-order valence-corrected chi connectivity index (χ2v) is 7.37. The molecular weight excluding hydrogens is 338 g/mol. The van der Waals surface area contributed by atoms with Crippen LogP contribution in [0.2, 0.25) is 0 Å². The van der Waals surface area contributed by atoms with E-state index >= 15 is 0 Å². The average Bonchev–Trinajstić information content (AvgIpc) is 2.54. The molecule has 2 aromatic rings. The van der Waals surface area contributed by atoms with Gasteiger partial charge in [0.25, 0.3) is 5.91 Å². The van der Waals surface area contributed by atoms with Gasteiger partial charge >= 0.3 is 0 Å². The summed E-state index contributed by atoms with van der Waals surface area (Å²) in [5.41, 5.74) is 0.821. The molecule has 116 valence electrons. The predicted molar refractivity (Wildman–Crippen MR) is 95.1 cm³/mol. The summed E-state index contributed by atoms with van der Waals surface area (Å²) < 4.78 is 1.04. The Morgan fingerprint density at radius 1 is 1.09 bits per heavy atom. The zero-order valence-electron chi connectivity index (χ0n) is 13.2. The Morgan fingerprint density at radius 2 is 1.73 bits per heavy atom. The van der Waals surface area contributed by atoms with Crippen LogP contribution in [0.25, 0.3) is 10.8 Å². The average molecular weight is 360 g/mol. The van der Waals surface area contributed by atoms with E-state index in [1.165, 1.54) is 0 Å². The van der Waals surface area contributed by atoms with Gasteiger partial charge in [-0.2, -0.15) is 0 Å². The van der Waals surface area contributed by atoms with Gasteiger partial charge in [-0.25, -0.2) is 0 Å². The first kappa shape index (κ1) is 15.5. The Morgan fingerprint density at radius 3 is 2.41 bits per heavy atom. The Hall–Kier alpha value is -1.35. The maximum atomic E-state index is 12.9. The van der Waals surface area contributed by atoms with E-state index in [9.17, 15) is 4.79 Å². The third kappa shape index (κ3) is 2.91. The van der Waals surface area contributed by atoms with E-state index < -0.39 is 0 Å². The monoisotopic (exact) mass is 359 g/mol. The number of carbonyl (C=O) groups is 1. The number of carbonyl (C=O) groups excluding carboxylic acids is 1. The number of benzene rings is 2. The summed E-state index contributed by atoms with van der Waals surface area (Å²) in [6, 6.07) is 12.0. The quantitative estimate of drug-likeness (QED) is 0.729. The molecule has 0 aliphatic carbocycles. The Kier molecular flexibility index (Phi) is 4.53. The van der Waals surface area contributed by atoms with Gasteiger partial charge in [0, 0.05) is 23.1 Å². The number of nitrogens with zero attached hydrogens (tertiary/aromatic N) is 1. The Bertz CT molecular complexity index is 687. The molecule has 0 saturated carbocycles. The molecule has 1 fully saturated rings. The van der Waals surface area contributed by atoms with Crippen LogP contribution in [0.15, 0.2) is 40.9 Å². The van der Waals surface area contributed by atoms with Gasteiger partial charge in [-0.15, -0.1) is 0 Å². The smallest absolute Gasteiger partial charge is 0.254 e. The highest BCUT2D eigenvalue weighted by molar-refractivity contribution is 9.10. The van der Waals surface area contributed by atoms with Crippen LogP contribution in [0.1, 0.15) is 37.0 Å². The topological polar surface area (TPSA) is 20.3 Å². The predicted octanol–water partition coefficient (Wildman–Crippen LogP) is 5.11. The van der Waals surface area contributed by atoms with Crippen LogP contribution in [0.4, 0.5) is 0 Å². The van der Waals surface area contributed by atoms with Gasteiger partial charge < -0.3 is 4.90 Å². The summed E-state index contributed by atoms with van der Waals surface area (Å²) >= 11 is 3.58. The lowest BCUT2D eigenvalue weighted by Crippen LogP contribution is -2.39. The van der Waals surface area contributed by atoms with Crippen molar-refractivity contribution in [2.24, 2.45) is 11.8 Å². The summed E-state index contributed by atoms with van der Waals surface area (Å²) in [4.78, 5) is 14.9. The van der Waals surface area contributed by atoms with Crippen LogP contribution in [0.5, 0.6) is 0 Å². The van der Waals surface area contributed by atoms with Crippen molar-refractivity contribution in [2.75, 3.05) is 13.1 Å². The largest absolute Gasteiger partial charge is 0.339 e.